The molecule has 3 heterocycles. The molecule has 0 unspecified atom stereocenters. The van der Waals surface area contributed by atoms with Gasteiger partial charge in [-0.1, -0.05) is 23.5 Å². The van der Waals surface area contributed by atoms with Crippen molar-refractivity contribution >= 4 is 41.1 Å². The number of amides is 1. The Morgan fingerprint density at radius 3 is 2.50 bits per heavy atom. The summed E-state index contributed by atoms with van der Waals surface area (Å²) in [6.45, 7) is 3.34. The largest absolute Gasteiger partial charge is 0.480 e. The Labute approximate surface area is 224 Å². The van der Waals surface area contributed by atoms with E-state index < -0.39 is 17.8 Å². The molecular formula is C24H21ClF3N7O2S. The second kappa shape index (κ2) is 10.9. The smallest absolute Gasteiger partial charge is 0.435 e. The van der Waals surface area contributed by atoms with Crippen LogP contribution in [0.25, 0.3) is 16.9 Å². The zero-order chi connectivity index (χ0) is 27.6. The molecule has 14 heteroatoms. The maximum Gasteiger partial charge on any atom is 0.435 e. The number of methoxy groups -OCH3 is 1. The van der Waals surface area contributed by atoms with Crippen molar-refractivity contribution in [1.82, 2.24) is 29.5 Å². The van der Waals surface area contributed by atoms with Crippen LogP contribution >= 0.6 is 23.5 Å². The predicted molar refractivity (Wildman–Crippen MR) is 139 cm³/mol. The van der Waals surface area contributed by atoms with E-state index in [1.807, 2.05) is 13.0 Å². The molecule has 9 nitrogen and oxygen atoms in total. The normalized spacial score (nSPS) is 11.4. The second-order valence-corrected chi connectivity index (χ2v) is 9.12. The molecule has 0 aliphatic rings. The first-order chi connectivity index (χ1) is 18.0. The highest BCUT2D eigenvalue weighted by Crippen LogP contribution is 2.33. The Morgan fingerprint density at radius 1 is 1.11 bits per heavy atom. The summed E-state index contributed by atoms with van der Waals surface area (Å²) in [5.41, 5.74) is 1.34. The first-order valence-electron chi connectivity index (χ1n) is 10.9. The third kappa shape index (κ3) is 5.83. The Kier molecular flexibility index (Phi) is 7.78. The number of aryl methyl sites for hydroxylation is 2. The van der Waals surface area contributed by atoms with E-state index in [9.17, 15) is 18.0 Å². The van der Waals surface area contributed by atoms with Crippen LogP contribution in [0, 0.1) is 13.8 Å². The van der Waals surface area contributed by atoms with E-state index in [4.69, 9.17) is 16.3 Å². The molecule has 0 aliphatic carbocycles. The minimum absolute atomic E-state index is 0.0393. The molecule has 0 radical (unpaired) electrons. The van der Waals surface area contributed by atoms with Gasteiger partial charge in [0.2, 0.25) is 11.8 Å². The van der Waals surface area contributed by atoms with Crippen LogP contribution in [0.4, 0.5) is 24.8 Å². The van der Waals surface area contributed by atoms with E-state index in [0.717, 1.165) is 28.3 Å². The van der Waals surface area contributed by atoms with Crippen molar-refractivity contribution in [2.24, 2.45) is 0 Å². The third-order valence-electron chi connectivity index (χ3n) is 5.24. The lowest BCUT2D eigenvalue weighted by atomic mass is 10.1. The van der Waals surface area contributed by atoms with Gasteiger partial charge in [0.15, 0.2) is 11.5 Å². The predicted octanol–water partition coefficient (Wildman–Crippen LogP) is 5.77. The maximum atomic E-state index is 13.5. The minimum atomic E-state index is -4.66. The van der Waals surface area contributed by atoms with Crippen LogP contribution in [0.2, 0.25) is 5.02 Å². The van der Waals surface area contributed by atoms with Gasteiger partial charge >= 0.3 is 6.18 Å². The monoisotopic (exact) mass is 563 g/mol. The van der Waals surface area contributed by atoms with Crippen LogP contribution in [0.5, 0.6) is 5.88 Å². The number of nitrogens with zero attached hydrogens (tertiary/aromatic N) is 5. The van der Waals surface area contributed by atoms with Crippen molar-refractivity contribution < 1.29 is 22.7 Å². The number of hydrogen-bond acceptors (Lipinski definition) is 8. The van der Waals surface area contributed by atoms with Gasteiger partial charge in [-0.3, -0.25) is 9.52 Å². The molecule has 198 valence electrons. The van der Waals surface area contributed by atoms with Crippen molar-refractivity contribution in [3.63, 3.8) is 0 Å². The SMILES string of the molecule is COc1ncc(-c2cnc(Nc3cc(C)cc(Cl)c3)nc2-n2nc(C(F)(F)F)cc2C)cc1C(=O)NSC. The highest BCUT2D eigenvalue weighted by Gasteiger charge is 2.35. The number of ether oxygens (including phenoxy) is 1. The number of hydrogen-bond donors (Lipinski definition) is 2. The van der Waals surface area contributed by atoms with Crippen LogP contribution in [0.3, 0.4) is 0 Å². The molecule has 0 saturated carbocycles. The second-order valence-electron chi connectivity index (χ2n) is 8.07. The molecule has 1 aromatic carbocycles. The minimum Gasteiger partial charge on any atom is -0.480 e. The van der Waals surface area contributed by atoms with Gasteiger partial charge in [0.1, 0.15) is 5.56 Å². The molecule has 0 bridgehead atoms. The molecule has 0 atom stereocenters. The number of pyridine rings is 1. The van der Waals surface area contributed by atoms with Gasteiger partial charge in [-0.2, -0.15) is 23.3 Å². The zero-order valence-electron chi connectivity index (χ0n) is 20.5. The van der Waals surface area contributed by atoms with Gasteiger partial charge in [-0.15, -0.1) is 0 Å². The standard InChI is InChI=1S/C24H21ClF3N7O2S/c1-12-5-15(25)9-16(6-12)31-23-30-11-18(14-8-17(21(36)34-38-4)22(37-3)29-10-14)20(32-23)35-13(2)7-19(33-35)24(26,27)28/h5-11H,1-4H3,(H,34,36)(H,30,31,32). The Hall–Kier alpha value is -3.84. The molecule has 38 heavy (non-hydrogen) atoms. The van der Waals surface area contributed by atoms with E-state index in [-0.39, 0.29) is 34.5 Å². The van der Waals surface area contributed by atoms with Crippen molar-refractivity contribution in [2.45, 2.75) is 20.0 Å². The molecule has 0 aliphatic heterocycles. The van der Waals surface area contributed by atoms with E-state index in [2.05, 4.69) is 30.1 Å². The Bertz CT molecular complexity index is 1490. The molecule has 0 fully saturated rings. The summed E-state index contributed by atoms with van der Waals surface area (Å²) >= 11 is 7.24. The lowest BCUT2D eigenvalue weighted by molar-refractivity contribution is -0.141. The number of halogens is 4. The molecular weight excluding hydrogens is 543 g/mol. The highest BCUT2D eigenvalue weighted by molar-refractivity contribution is 7.97. The molecule has 1 amide bonds. The topological polar surface area (TPSA) is 107 Å². The van der Waals surface area contributed by atoms with E-state index >= 15 is 0 Å². The summed E-state index contributed by atoms with van der Waals surface area (Å²) < 4.78 is 49.2. The van der Waals surface area contributed by atoms with Crippen LogP contribution in [0.1, 0.15) is 27.3 Å². The van der Waals surface area contributed by atoms with E-state index in [0.29, 0.717) is 16.3 Å². The lowest BCUT2D eigenvalue weighted by Crippen LogP contribution is -2.17. The molecule has 4 aromatic rings. The fraction of sp³-hybridized carbons (Fsp3) is 0.208. The van der Waals surface area contributed by atoms with Crippen LogP contribution in [-0.2, 0) is 6.18 Å². The fourth-order valence-electron chi connectivity index (χ4n) is 3.64. The number of rotatable bonds is 7. The maximum absolute atomic E-state index is 13.5. The van der Waals surface area contributed by atoms with Crippen molar-refractivity contribution in [3.05, 3.63) is 70.3 Å². The molecule has 3 aromatic heterocycles. The van der Waals surface area contributed by atoms with Gasteiger partial charge in [0.25, 0.3) is 5.91 Å². The Morgan fingerprint density at radius 2 is 1.87 bits per heavy atom. The summed E-state index contributed by atoms with van der Waals surface area (Å²) in [6, 6.07) is 7.67. The fourth-order valence-corrected chi connectivity index (χ4v) is 4.22. The van der Waals surface area contributed by atoms with Crippen molar-refractivity contribution in [1.29, 1.82) is 0 Å². The quantitative estimate of drug-likeness (QED) is 0.273. The van der Waals surface area contributed by atoms with Crippen molar-refractivity contribution in [2.75, 3.05) is 18.7 Å². The molecule has 0 saturated heterocycles. The van der Waals surface area contributed by atoms with Crippen LogP contribution in [0.15, 0.2) is 42.7 Å². The summed E-state index contributed by atoms with van der Waals surface area (Å²) in [7, 11) is 1.37. The number of nitrogens with one attached hydrogen (secondary N) is 2. The first-order valence-corrected chi connectivity index (χ1v) is 12.5. The number of carbonyl (C=O) groups is 1. The van der Waals surface area contributed by atoms with Crippen molar-refractivity contribution in [3.8, 4) is 22.8 Å². The molecule has 0 spiro atoms. The third-order valence-corrected chi connectivity index (χ3v) is 5.85. The van der Waals surface area contributed by atoms with Gasteiger partial charge < -0.3 is 10.1 Å². The van der Waals surface area contributed by atoms with Crippen LogP contribution < -0.4 is 14.8 Å². The van der Waals surface area contributed by atoms with E-state index in [1.165, 1.54) is 32.5 Å². The number of benzene rings is 1. The molecule has 2 N–H and O–H groups in total. The zero-order valence-corrected chi connectivity index (χ0v) is 22.1. The number of carbonyl (C=O) groups excluding carboxylic acids is 1. The summed E-state index contributed by atoms with van der Waals surface area (Å²) in [5, 5.41) is 7.27. The lowest BCUT2D eigenvalue weighted by Gasteiger charge is -2.14. The number of anilines is 2. The number of alkyl halides is 3. The van der Waals surface area contributed by atoms with Gasteiger partial charge in [-0.05, 0) is 49.7 Å². The molecule has 4 rings (SSSR count). The van der Waals surface area contributed by atoms with E-state index in [1.54, 1.807) is 18.4 Å². The summed E-state index contributed by atoms with van der Waals surface area (Å²) in [5.74, 6) is -0.254. The Balaban J connectivity index is 1.89. The first kappa shape index (κ1) is 27.2. The highest BCUT2D eigenvalue weighted by atomic mass is 35.5. The van der Waals surface area contributed by atoms with Crippen LogP contribution in [-0.4, -0.2) is 44.0 Å². The van der Waals surface area contributed by atoms with Gasteiger partial charge in [0.05, 0.1) is 7.11 Å². The average Bonchev–Trinajstić information content (AvgIpc) is 3.25. The number of aromatic nitrogens is 5. The summed E-state index contributed by atoms with van der Waals surface area (Å²) in [4.78, 5) is 25.6. The average molecular weight is 564 g/mol. The van der Waals surface area contributed by atoms with Gasteiger partial charge in [0, 0.05) is 46.2 Å². The summed E-state index contributed by atoms with van der Waals surface area (Å²) in [6.07, 6.45) is -0.156. The van der Waals surface area contributed by atoms with Gasteiger partial charge in [-0.25, -0.2) is 14.6 Å².